The molecule has 1 fully saturated rings. The van der Waals surface area contributed by atoms with Crippen molar-refractivity contribution < 1.29 is 9.53 Å². The van der Waals surface area contributed by atoms with Gasteiger partial charge in [-0.15, -0.1) is 11.3 Å². The van der Waals surface area contributed by atoms with E-state index < -0.39 is 0 Å². The van der Waals surface area contributed by atoms with Crippen LogP contribution in [0, 0.1) is 5.92 Å². The minimum Gasteiger partial charge on any atom is -0.489 e. The van der Waals surface area contributed by atoms with Crippen LogP contribution in [0.1, 0.15) is 33.6 Å². The largest absolute Gasteiger partial charge is 0.489 e. The Labute approximate surface area is 182 Å². The molecule has 0 aliphatic carbocycles. The maximum Gasteiger partial charge on any atom is 0.251 e. The predicted octanol–water partition coefficient (Wildman–Crippen LogP) is 4.97. The second-order valence-electron chi connectivity index (χ2n) is 7.81. The van der Waals surface area contributed by atoms with Crippen LogP contribution in [-0.4, -0.2) is 30.4 Å². The number of amides is 1. The molecular weight excluding hydrogens is 392 g/mol. The summed E-state index contributed by atoms with van der Waals surface area (Å²) in [4.78, 5) is 16.6. The normalized spacial score (nSPS) is 15.1. The van der Waals surface area contributed by atoms with Crippen LogP contribution in [0.5, 0.6) is 5.75 Å². The molecule has 0 radical (unpaired) electrons. The average Bonchev–Trinajstić information content (AvgIpc) is 3.31. The average molecular weight is 421 g/mol. The van der Waals surface area contributed by atoms with Gasteiger partial charge in [0.05, 0.1) is 0 Å². The standard InChI is InChI=1S/C25H28N2O2S/c28-25(22-8-4-9-23(16-22)29-19-21-6-2-1-3-7-21)26-17-20-11-13-27(14-12-20)18-24-10-5-15-30-24/h1-10,15-16,20H,11-14,17-19H2,(H,26,28). The first-order valence-electron chi connectivity index (χ1n) is 10.6. The van der Waals surface area contributed by atoms with Gasteiger partial charge in [-0.2, -0.15) is 0 Å². The van der Waals surface area contributed by atoms with Crippen LogP contribution in [0.25, 0.3) is 0 Å². The van der Waals surface area contributed by atoms with E-state index in [0.29, 0.717) is 23.8 Å². The Morgan fingerprint density at radius 2 is 1.87 bits per heavy atom. The minimum absolute atomic E-state index is 0.0267. The van der Waals surface area contributed by atoms with Gasteiger partial charge in [0, 0.05) is 23.5 Å². The van der Waals surface area contributed by atoms with Gasteiger partial charge in [-0.25, -0.2) is 0 Å². The molecule has 0 unspecified atom stereocenters. The number of thiophene rings is 1. The first-order valence-corrected chi connectivity index (χ1v) is 11.4. The van der Waals surface area contributed by atoms with Crippen molar-refractivity contribution in [3.63, 3.8) is 0 Å². The number of nitrogens with zero attached hydrogens (tertiary/aromatic N) is 1. The Morgan fingerprint density at radius 3 is 2.63 bits per heavy atom. The Balaban J connectivity index is 1.21. The molecule has 1 aliphatic heterocycles. The summed E-state index contributed by atoms with van der Waals surface area (Å²) in [6, 6.07) is 21.8. The fraction of sp³-hybridized carbons (Fsp3) is 0.320. The van der Waals surface area contributed by atoms with Crippen LogP contribution < -0.4 is 10.1 Å². The molecule has 4 nitrogen and oxygen atoms in total. The molecule has 30 heavy (non-hydrogen) atoms. The lowest BCUT2D eigenvalue weighted by Crippen LogP contribution is -2.38. The quantitative estimate of drug-likeness (QED) is 0.559. The molecule has 1 aromatic heterocycles. The number of hydrogen-bond donors (Lipinski definition) is 1. The first-order chi connectivity index (χ1) is 14.8. The van der Waals surface area contributed by atoms with Gasteiger partial charge in [0.25, 0.3) is 5.91 Å². The zero-order chi connectivity index (χ0) is 20.6. The fourth-order valence-corrected chi connectivity index (χ4v) is 4.52. The third-order valence-electron chi connectivity index (χ3n) is 5.56. The summed E-state index contributed by atoms with van der Waals surface area (Å²) in [7, 11) is 0. The number of likely N-dealkylation sites (tertiary alicyclic amines) is 1. The maximum atomic E-state index is 12.6. The summed E-state index contributed by atoms with van der Waals surface area (Å²) in [5.41, 5.74) is 1.76. The SMILES string of the molecule is O=C(NCC1CCN(Cc2cccs2)CC1)c1cccc(OCc2ccccc2)c1. The third-order valence-corrected chi connectivity index (χ3v) is 6.42. The molecule has 2 aromatic carbocycles. The lowest BCUT2D eigenvalue weighted by Gasteiger charge is -2.31. The number of benzene rings is 2. The van der Waals surface area contributed by atoms with Crippen molar-refractivity contribution >= 4 is 17.2 Å². The lowest BCUT2D eigenvalue weighted by atomic mass is 9.96. The van der Waals surface area contributed by atoms with E-state index in [1.54, 1.807) is 0 Å². The number of piperidine rings is 1. The highest BCUT2D eigenvalue weighted by Gasteiger charge is 2.20. The summed E-state index contributed by atoms with van der Waals surface area (Å²) in [6.07, 6.45) is 2.26. The molecule has 5 heteroatoms. The first kappa shape index (κ1) is 20.6. The Morgan fingerprint density at radius 1 is 1.03 bits per heavy atom. The summed E-state index contributed by atoms with van der Waals surface area (Å²) in [5.74, 6) is 1.24. The molecule has 0 saturated carbocycles. The molecule has 0 atom stereocenters. The maximum absolute atomic E-state index is 12.6. The molecule has 1 saturated heterocycles. The number of carbonyl (C=O) groups is 1. The zero-order valence-corrected chi connectivity index (χ0v) is 17.9. The molecular formula is C25H28N2O2S. The van der Waals surface area contributed by atoms with Gasteiger partial charge in [0.15, 0.2) is 0 Å². The second kappa shape index (κ2) is 10.4. The highest BCUT2D eigenvalue weighted by atomic mass is 32.1. The van der Waals surface area contributed by atoms with E-state index in [1.807, 2.05) is 65.9 Å². The molecule has 2 heterocycles. The molecule has 1 N–H and O–H groups in total. The van der Waals surface area contributed by atoms with Crippen molar-refractivity contribution in [2.24, 2.45) is 5.92 Å². The van der Waals surface area contributed by atoms with E-state index >= 15 is 0 Å². The number of hydrogen-bond acceptors (Lipinski definition) is 4. The number of nitrogens with one attached hydrogen (secondary N) is 1. The van der Waals surface area contributed by atoms with Crippen molar-refractivity contribution in [1.29, 1.82) is 0 Å². The van der Waals surface area contributed by atoms with E-state index in [9.17, 15) is 4.79 Å². The van der Waals surface area contributed by atoms with Gasteiger partial charge in [-0.3, -0.25) is 9.69 Å². The molecule has 0 spiro atoms. The third kappa shape index (κ3) is 5.94. The van der Waals surface area contributed by atoms with Crippen LogP contribution in [0.4, 0.5) is 0 Å². The highest BCUT2D eigenvalue weighted by Crippen LogP contribution is 2.21. The molecule has 0 bridgehead atoms. The summed E-state index contributed by atoms with van der Waals surface area (Å²) < 4.78 is 5.85. The molecule has 3 aromatic rings. The van der Waals surface area contributed by atoms with Gasteiger partial charge in [-0.1, -0.05) is 42.5 Å². The van der Waals surface area contributed by atoms with Gasteiger partial charge in [0.2, 0.25) is 0 Å². The number of rotatable bonds is 8. The van der Waals surface area contributed by atoms with Crippen molar-refractivity contribution in [2.45, 2.75) is 26.0 Å². The summed E-state index contributed by atoms with van der Waals surface area (Å²) in [6.45, 7) is 4.48. The Kier molecular flexibility index (Phi) is 7.16. The lowest BCUT2D eigenvalue weighted by molar-refractivity contribution is 0.0935. The fourth-order valence-electron chi connectivity index (χ4n) is 3.78. The van der Waals surface area contributed by atoms with Gasteiger partial charge < -0.3 is 10.1 Å². The summed E-state index contributed by atoms with van der Waals surface area (Å²) in [5, 5.41) is 5.26. The number of carbonyl (C=O) groups excluding carboxylic acids is 1. The van der Waals surface area contributed by atoms with E-state index in [4.69, 9.17) is 4.74 Å². The summed E-state index contributed by atoms with van der Waals surface area (Å²) >= 11 is 1.82. The van der Waals surface area contributed by atoms with Crippen molar-refractivity contribution in [3.8, 4) is 5.75 Å². The van der Waals surface area contributed by atoms with Crippen LogP contribution in [0.3, 0.4) is 0 Å². The topological polar surface area (TPSA) is 41.6 Å². The molecule has 1 amide bonds. The Hall–Kier alpha value is -2.63. The highest BCUT2D eigenvalue weighted by molar-refractivity contribution is 7.09. The van der Waals surface area contributed by atoms with Gasteiger partial charge in [0.1, 0.15) is 12.4 Å². The minimum atomic E-state index is -0.0267. The second-order valence-corrected chi connectivity index (χ2v) is 8.84. The Bertz CT molecular complexity index is 919. The van der Waals surface area contributed by atoms with E-state index in [0.717, 1.165) is 44.6 Å². The van der Waals surface area contributed by atoms with Crippen molar-refractivity contribution in [3.05, 3.63) is 88.1 Å². The number of ether oxygens (including phenoxy) is 1. The monoisotopic (exact) mass is 420 g/mol. The van der Waals surface area contributed by atoms with Crippen molar-refractivity contribution in [2.75, 3.05) is 19.6 Å². The smallest absolute Gasteiger partial charge is 0.251 e. The van der Waals surface area contributed by atoms with E-state index in [2.05, 4.69) is 27.7 Å². The molecule has 156 valence electrons. The molecule has 1 aliphatic rings. The van der Waals surface area contributed by atoms with Crippen LogP contribution >= 0.6 is 11.3 Å². The van der Waals surface area contributed by atoms with Crippen LogP contribution in [-0.2, 0) is 13.2 Å². The van der Waals surface area contributed by atoms with Crippen LogP contribution in [0.2, 0.25) is 0 Å². The van der Waals surface area contributed by atoms with E-state index in [1.165, 1.54) is 4.88 Å². The van der Waals surface area contributed by atoms with Gasteiger partial charge >= 0.3 is 0 Å². The van der Waals surface area contributed by atoms with Gasteiger partial charge in [-0.05, 0) is 67.1 Å². The zero-order valence-electron chi connectivity index (χ0n) is 17.1. The predicted molar refractivity (Wildman–Crippen MR) is 122 cm³/mol. The van der Waals surface area contributed by atoms with Crippen molar-refractivity contribution in [1.82, 2.24) is 10.2 Å². The van der Waals surface area contributed by atoms with E-state index in [-0.39, 0.29) is 5.91 Å². The molecule has 4 rings (SSSR count). The van der Waals surface area contributed by atoms with Crippen LogP contribution in [0.15, 0.2) is 72.1 Å².